The van der Waals surface area contributed by atoms with Crippen molar-refractivity contribution in [3.05, 3.63) is 118 Å². The van der Waals surface area contributed by atoms with Gasteiger partial charge in [0.2, 0.25) is 23.0 Å². The zero-order valence-corrected chi connectivity index (χ0v) is 64.9. The Bertz CT molecular complexity index is 3400. The average Bonchev–Trinajstić information content (AvgIpc) is 1.75. The second-order valence-corrected chi connectivity index (χ2v) is 24.8. The summed E-state index contributed by atoms with van der Waals surface area (Å²) in [4.78, 5) is 128. The van der Waals surface area contributed by atoms with Crippen molar-refractivity contribution in [2.45, 2.75) is 24.1 Å². The monoisotopic (exact) mass is 1680 g/mol. The van der Waals surface area contributed by atoms with Gasteiger partial charge in [-0.05, 0) is 60.7 Å². The molecule has 0 aliphatic rings. The van der Waals surface area contributed by atoms with Gasteiger partial charge in [-0.2, -0.15) is 0 Å². The van der Waals surface area contributed by atoms with E-state index in [-0.39, 0.29) is 202 Å². The van der Waals surface area contributed by atoms with Gasteiger partial charge < -0.3 is 168 Å². The first kappa shape index (κ1) is 105. The van der Waals surface area contributed by atoms with E-state index in [4.69, 9.17) is 103 Å². The molecule has 5 rings (SSSR count). The van der Waals surface area contributed by atoms with Gasteiger partial charge in [-0.15, -0.1) is 0 Å². The molecule has 5 aromatic rings. The van der Waals surface area contributed by atoms with E-state index in [9.17, 15) is 78.6 Å². The van der Waals surface area contributed by atoms with Crippen LogP contribution in [0.1, 0.15) is 112 Å². The summed E-state index contributed by atoms with van der Waals surface area (Å²) in [5.41, 5.74) is -3.32. The molecule has 0 spiro atoms. The summed E-state index contributed by atoms with van der Waals surface area (Å²) in [7, 11) is 3.06. The molecule has 5 heterocycles. The molecule has 0 aliphatic heterocycles. The summed E-state index contributed by atoms with van der Waals surface area (Å²) in [5, 5.41) is 175. The standard InChI is InChI=1S/C18H30N2O9.C14H22N2O9.C14H22N2O7.C13H18O8.C12H18N2O5/c21-9-3-19(4-10-22)7-13-27-17(25)15-1-2-16(29-15)18(26)28-14-8-20(5-11-23)6-12-24;17-3-13(4-18,5-19)15-11(23)9-1-2-10(25-9)12(24)16-14(6-20,7-21)8-22;17-7-3-15(4-8-18)13(21)11-1-2-12(23-11)14(22)16(5-9-19)6-10-20;1-8(4-14)6-19-12(17)10-2-3-11(21-10)13(18)20-7-9(16)5-15;1-13(5-7-15)11(17)9-3-4-10(19-9)12(18)14(2)6-8-16/h1-2,21-24H,3-14H2;1-2,17-22H,3-8H2,(H,15,23)(H,16,24);1-2,17-20H,3-10H2;2-3,8-9,14-16H,4-7H2,1H3;3-4,15-16H,5-8H2,1-2H3. The van der Waals surface area contributed by atoms with Crippen molar-refractivity contribution < 1.29 is 186 Å². The first-order chi connectivity index (χ1) is 56.0. The molecular formula is C71H110N8O38. The number of carbonyl (C=O) groups excluding carboxylic acids is 10. The third-order valence-electron chi connectivity index (χ3n) is 15.7. The largest absolute Gasteiger partial charge is 0.459 e. The Morgan fingerprint density at radius 1 is 0.325 bits per heavy atom. The minimum atomic E-state index is -1.66. The van der Waals surface area contributed by atoms with Crippen molar-refractivity contribution in [2.24, 2.45) is 5.92 Å². The first-order valence-electron chi connectivity index (χ1n) is 36.0. The Kier molecular flexibility index (Phi) is 53.1. The van der Waals surface area contributed by atoms with Crippen molar-refractivity contribution >= 4 is 59.3 Å². The third-order valence-corrected chi connectivity index (χ3v) is 15.7. The number of carbonyl (C=O) groups is 10. The highest BCUT2D eigenvalue weighted by molar-refractivity contribution is 5.98. The molecule has 2 unspecified atom stereocenters. The van der Waals surface area contributed by atoms with Gasteiger partial charge in [-0.25, -0.2) is 19.2 Å². The second kappa shape index (κ2) is 59.0. The highest BCUT2D eigenvalue weighted by Gasteiger charge is 2.35. The fraction of sp³-hybridized carbons (Fsp3) is 0.577. The Labute approximate surface area is 669 Å². The topological polar surface area (TPSA) is 701 Å². The van der Waals surface area contributed by atoms with Crippen LogP contribution in [-0.2, 0) is 18.9 Å². The number of esters is 4. The smallest absolute Gasteiger partial charge is 0.374 e. The first-order valence-corrected chi connectivity index (χ1v) is 36.0. The summed E-state index contributed by atoms with van der Waals surface area (Å²) < 4.78 is 45.3. The number of hydrogen-bond acceptors (Lipinski definition) is 40. The van der Waals surface area contributed by atoms with Crippen LogP contribution >= 0.6 is 0 Å². The number of aliphatic hydroxyl groups excluding tert-OH is 19. The summed E-state index contributed by atoms with van der Waals surface area (Å²) in [6.07, 6.45) is -1.17. The van der Waals surface area contributed by atoms with Gasteiger partial charge in [-0.3, -0.25) is 38.6 Å². The fourth-order valence-electron chi connectivity index (χ4n) is 8.83. The van der Waals surface area contributed by atoms with Crippen LogP contribution in [0.2, 0.25) is 0 Å². The Morgan fingerprint density at radius 3 is 0.846 bits per heavy atom. The van der Waals surface area contributed by atoms with Crippen molar-refractivity contribution in [2.75, 3.05) is 238 Å². The third kappa shape index (κ3) is 37.6. The lowest BCUT2D eigenvalue weighted by molar-refractivity contribution is 0.00675. The molecule has 0 bridgehead atoms. The lowest BCUT2D eigenvalue weighted by Gasteiger charge is -2.28. The summed E-state index contributed by atoms with van der Waals surface area (Å²) in [6, 6.07) is 12.9. The lowest BCUT2D eigenvalue weighted by atomic mass is 10.0. The number of nitrogens with one attached hydrogen (secondary N) is 2. The van der Waals surface area contributed by atoms with E-state index < -0.39 is 123 Å². The molecule has 0 fully saturated rings. The van der Waals surface area contributed by atoms with Gasteiger partial charge in [0.1, 0.15) is 37.0 Å². The number of hydrogen-bond donors (Lipinski definition) is 21. The minimum Gasteiger partial charge on any atom is -0.459 e. The summed E-state index contributed by atoms with van der Waals surface area (Å²) in [5.74, 6) is -8.49. The van der Waals surface area contributed by atoms with Gasteiger partial charge in [0.05, 0.1) is 119 Å². The van der Waals surface area contributed by atoms with E-state index in [1.165, 1.54) is 82.2 Å². The van der Waals surface area contributed by atoms with Crippen molar-refractivity contribution in [1.82, 2.24) is 40.0 Å². The van der Waals surface area contributed by atoms with Crippen LogP contribution in [0.4, 0.5) is 0 Å². The molecule has 0 aromatic carbocycles. The number of furan rings is 5. The second-order valence-electron chi connectivity index (χ2n) is 24.8. The van der Waals surface area contributed by atoms with E-state index >= 15 is 0 Å². The van der Waals surface area contributed by atoms with Crippen LogP contribution in [0.3, 0.4) is 0 Å². The molecule has 46 heteroatoms. The van der Waals surface area contributed by atoms with Gasteiger partial charge in [-0.1, -0.05) is 6.92 Å². The van der Waals surface area contributed by atoms with Crippen LogP contribution < -0.4 is 10.6 Å². The number of ether oxygens (including phenoxy) is 4. The molecule has 46 nitrogen and oxygen atoms in total. The predicted octanol–water partition coefficient (Wildman–Crippen LogP) is -8.55. The quantitative estimate of drug-likeness (QED) is 0.0127. The summed E-state index contributed by atoms with van der Waals surface area (Å²) >= 11 is 0. The molecule has 5 aromatic heterocycles. The van der Waals surface area contributed by atoms with Crippen molar-refractivity contribution in [3.63, 3.8) is 0 Å². The van der Waals surface area contributed by atoms with E-state index in [1.54, 1.807) is 16.7 Å². The number of likely N-dealkylation sites (N-methyl/N-ethyl adjacent to an activating group) is 2. The van der Waals surface area contributed by atoms with Gasteiger partial charge in [0.15, 0.2) is 34.6 Å². The molecule has 117 heavy (non-hydrogen) atoms. The maximum Gasteiger partial charge on any atom is 0.374 e. The SMILES string of the molecule is CC(CO)COC(=O)c1ccc(C(=O)OCC(O)CO)o1.CN(CCO)C(=O)c1ccc(C(=O)N(C)CCO)o1.O=C(NC(CO)(CO)CO)c1ccc(C(=O)NC(CO)(CO)CO)o1.O=C(OCCN(CCO)CCO)c1ccc(C(=O)OCCN(CCO)CCO)o1.O=C(c1ccc(C(=O)N(CCO)CCO)o1)N(CCO)CCO. The molecule has 0 radical (unpaired) electrons. The van der Waals surface area contributed by atoms with Crippen molar-refractivity contribution in [1.29, 1.82) is 0 Å². The van der Waals surface area contributed by atoms with E-state index in [1.807, 2.05) is 0 Å². The number of amides is 6. The van der Waals surface area contributed by atoms with E-state index in [0.717, 1.165) is 12.1 Å². The van der Waals surface area contributed by atoms with Crippen molar-refractivity contribution in [3.8, 4) is 0 Å². The zero-order chi connectivity index (χ0) is 88.1. The normalized spacial score (nSPS) is 11.6. The zero-order valence-electron chi connectivity index (χ0n) is 64.9. The van der Waals surface area contributed by atoms with Gasteiger partial charge in [0.25, 0.3) is 35.4 Å². The molecule has 662 valence electrons. The Balaban J connectivity index is 0.000000736. The highest BCUT2D eigenvalue weighted by Crippen LogP contribution is 2.18. The van der Waals surface area contributed by atoms with Gasteiger partial charge in [0, 0.05) is 105 Å². The molecule has 21 N–H and O–H groups in total. The number of nitrogens with zero attached hydrogens (tertiary/aromatic N) is 6. The van der Waals surface area contributed by atoms with E-state index in [2.05, 4.69) is 15.4 Å². The van der Waals surface area contributed by atoms with Crippen LogP contribution in [0, 0.1) is 5.92 Å². The highest BCUT2D eigenvalue weighted by atomic mass is 16.6. The Morgan fingerprint density at radius 2 is 0.573 bits per heavy atom. The molecule has 0 saturated heterocycles. The number of rotatable bonds is 50. The Hall–Kier alpha value is -9.74. The predicted molar refractivity (Wildman–Crippen MR) is 396 cm³/mol. The summed E-state index contributed by atoms with van der Waals surface area (Å²) in [6.45, 7) is -2.70. The average molecular weight is 1680 g/mol. The van der Waals surface area contributed by atoms with Crippen LogP contribution in [0.5, 0.6) is 0 Å². The maximum absolute atomic E-state index is 12.2. The molecule has 2 atom stereocenters. The van der Waals surface area contributed by atoms with Gasteiger partial charge >= 0.3 is 23.9 Å². The van der Waals surface area contributed by atoms with E-state index in [0.29, 0.717) is 39.3 Å². The molecular weight excluding hydrogens is 1570 g/mol. The van der Waals surface area contributed by atoms with Crippen LogP contribution in [-0.4, -0.2) is 441 Å². The molecule has 0 aliphatic carbocycles. The fourth-order valence-corrected chi connectivity index (χ4v) is 8.83. The van der Waals surface area contributed by atoms with Crippen LogP contribution in [0.25, 0.3) is 0 Å². The molecule has 6 amide bonds. The van der Waals surface area contributed by atoms with Crippen LogP contribution in [0.15, 0.2) is 82.7 Å². The number of aliphatic hydroxyl groups is 19. The maximum atomic E-state index is 12.2. The minimum absolute atomic E-state index is 0.0263. The lowest BCUT2D eigenvalue weighted by Crippen LogP contribution is -2.57. The molecule has 0 saturated carbocycles.